The quantitative estimate of drug-likeness (QED) is 0.525. The molecular weight excluding hydrogens is 348 g/mol. The fourth-order valence-corrected chi connectivity index (χ4v) is 2.94. The lowest BCUT2D eigenvalue weighted by Crippen LogP contribution is -2.41. The van der Waals surface area contributed by atoms with Crippen LogP contribution in [0.1, 0.15) is 37.0 Å². The van der Waals surface area contributed by atoms with E-state index in [-0.39, 0.29) is 16.2 Å². The number of hydrogen-bond acceptors (Lipinski definition) is 6. The van der Waals surface area contributed by atoms with Crippen LogP contribution in [0.3, 0.4) is 0 Å². The molecule has 0 spiro atoms. The number of rotatable bonds is 8. The lowest BCUT2D eigenvalue weighted by Gasteiger charge is -2.10. The van der Waals surface area contributed by atoms with Gasteiger partial charge in [-0.1, -0.05) is 32.4 Å². The Morgan fingerprint density at radius 3 is 2.44 bits per heavy atom. The van der Waals surface area contributed by atoms with Gasteiger partial charge in [0.2, 0.25) is 0 Å². The van der Waals surface area contributed by atoms with Crippen molar-refractivity contribution >= 4 is 27.7 Å². The minimum Gasteiger partial charge on any atom is -0.452 e. The Morgan fingerprint density at radius 2 is 1.80 bits per heavy atom. The first-order valence-corrected chi connectivity index (χ1v) is 9.53. The molecule has 3 amide bonds. The summed E-state index contributed by atoms with van der Waals surface area (Å²) in [5.41, 5.74) is -0.149. The predicted molar refractivity (Wildman–Crippen MR) is 90.9 cm³/mol. The SMILES string of the molecule is CCCCNC(=O)NC(=O)COC(=O)c1ccccc1S(=O)(=O)CC. The number of carbonyl (C=O) groups excluding carboxylic acids is 3. The van der Waals surface area contributed by atoms with Crippen LogP contribution in [0.2, 0.25) is 0 Å². The molecule has 0 radical (unpaired) electrons. The van der Waals surface area contributed by atoms with Crippen LogP contribution in [0, 0.1) is 0 Å². The van der Waals surface area contributed by atoms with E-state index in [4.69, 9.17) is 4.74 Å². The van der Waals surface area contributed by atoms with E-state index in [2.05, 4.69) is 5.32 Å². The standard InChI is InChI=1S/C16H22N2O6S/c1-3-5-10-17-16(21)18-14(19)11-24-15(20)12-8-6-7-9-13(12)25(22,23)4-2/h6-9H,3-5,10-11H2,1-2H3,(H2,17,18,19,21). The molecule has 1 aromatic rings. The van der Waals surface area contributed by atoms with Gasteiger partial charge in [-0.2, -0.15) is 0 Å². The van der Waals surface area contributed by atoms with Crippen LogP contribution < -0.4 is 10.6 Å². The van der Waals surface area contributed by atoms with Crippen molar-refractivity contribution in [3.8, 4) is 0 Å². The zero-order valence-electron chi connectivity index (χ0n) is 14.2. The summed E-state index contributed by atoms with van der Waals surface area (Å²) in [4.78, 5) is 34.9. The molecule has 2 N–H and O–H groups in total. The summed E-state index contributed by atoms with van der Waals surface area (Å²) < 4.78 is 28.8. The van der Waals surface area contributed by atoms with Gasteiger partial charge >= 0.3 is 12.0 Å². The molecule has 9 heteroatoms. The average molecular weight is 370 g/mol. The summed E-state index contributed by atoms with van der Waals surface area (Å²) in [7, 11) is -3.61. The molecule has 0 aliphatic heterocycles. The summed E-state index contributed by atoms with van der Waals surface area (Å²) in [6, 6.07) is 4.92. The van der Waals surface area contributed by atoms with Crippen LogP contribution in [-0.2, 0) is 19.4 Å². The van der Waals surface area contributed by atoms with Gasteiger partial charge in [-0.25, -0.2) is 18.0 Å². The van der Waals surface area contributed by atoms with E-state index in [1.165, 1.54) is 31.2 Å². The monoisotopic (exact) mass is 370 g/mol. The second-order valence-electron chi connectivity index (χ2n) is 5.13. The second-order valence-corrected chi connectivity index (χ2v) is 7.38. The Bertz CT molecular complexity index is 730. The highest BCUT2D eigenvalue weighted by Gasteiger charge is 2.22. The zero-order chi connectivity index (χ0) is 18.9. The molecule has 0 heterocycles. The van der Waals surface area contributed by atoms with Crippen molar-refractivity contribution in [1.82, 2.24) is 10.6 Å². The number of esters is 1. The minimum atomic E-state index is -3.61. The van der Waals surface area contributed by atoms with E-state index in [1.807, 2.05) is 12.2 Å². The Labute approximate surface area is 146 Å². The van der Waals surface area contributed by atoms with E-state index >= 15 is 0 Å². The van der Waals surface area contributed by atoms with Crippen LogP contribution >= 0.6 is 0 Å². The molecule has 0 saturated heterocycles. The number of benzene rings is 1. The van der Waals surface area contributed by atoms with Crippen LogP contribution in [0.25, 0.3) is 0 Å². The normalized spacial score (nSPS) is 10.8. The molecule has 0 bridgehead atoms. The number of hydrogen-bond donors (Lipinski definition) is 2. The lowest BCUT2D eigenvalue weighted by molar-refractivity contribution is -0.123. The van der Waals surface area contributed by atoms with Gasteiger partial charge in [-0.3, -0.25) is 10.1 Å². The fraction of sp³-hybridized carbons (Fsp3) is 0.438. The number of amides is 3. The average Bonchev–Trinajstić information content (AvgIpc) is 2.59. The maximum absolute atomic E-state index is 12.1. The van der Waals surface area contributed by atoms with Gasteiger partial charge < -0.3 is 10.1 Å². The summed E-state index contributed by atoms with van der Waals surface area (Å²) in [6.07, 6.45) is 1.67. The highest BCUT2D eigenvalue weighted by Crippen LogP contribution is 2.17. The van der Waals surface area contributed by atoms with E-state index < -0.39 is 34.4 Å². The summed E-state index contributed by atoms with van der Waals surface area (Å²) in [5.74, 6) is -1.93. The lowest BCUT2D eigenvalue weighted by atomic mass is 10.2. The first-order valence-electron chi connectivity index (χ1n) is 7.88. The van der Waals surface area contributed by atoms with E-state index in [9.17, 15) is 22.8 Å². The number of carbonyl (C=O) groups is 3. The molecule has 0 saturated carbocycles. The number of imide groups is 1. The predicted octanol–water partition coefficient (Wildman–Crippen LogP) is 1.26. The van der Waals surface area contributed by atoms with Crippen LogP contribution in [-0.4, -0.2) is 45.2 Å². The van der Waals surface area contributed by atoms with Gasteiger partial charge in [0.1, 0.15) is 0 Å². The highest BCUT2D eigenvalue weighted by atomic mass is 32.2. The van der Waals surface area contributed by atoms with Crippen molar-refractivity contribution in [3.05, 3.63) is 29.8 Å². The van der Waals surface area contributed by atoms with Crippen molar-refractivity contribution < 1.29 is 27.5 Å². The van der Waals surface area contributed by atoms with E-state index in [0.29, 0.717) is 6.54 Å². The van der Waals surface area contributed by atoms with Crippen LogP contribution in [0.4, 0.5) is 4.79 Å². The highest BCUT2D eigenvalue weighted by molar-refractivity contribution is 7.91. The molecular formula is C16H22N2O6S. The molecule has 0 aliphatic rings. The van der Waals surface area contributed by atoms with Gasteiger partial charge in [-0.15, -0.1) is 0 Å². The number of nitrogens with one attached hydrogen (secondary N) is 2. The van der Waals surface area contributed by atoms with Crippen molar-refractivity contribution in [2.45, 2.75) is 31.6 Å². The van der Waals surface area contributed by atoms with Crippen molar-refractivity contribution in [2.24, 2.45) is 0 Å². The van der Waals surface area contributed by atoms with Crippen molar-refractivity contribution in [3.63, 3.8) is 0 Å². The van der Waals surface area contributed by atoms with Crippen molar-refractivity contribution in [2.75, 3.05) is 18.9 Å². The molecule has 0 aromatic heterocycles. The van der Waals surface area contributed by atoms with Gasteiger partial charge in [0, 0.05) is 6.54 Å². The fourth-order valence-electron chi connectivity index (χ4n) is 1.86. The number of unbranched alkanes of at least 4 members (excludes halogenated alkanes) is 1. The number of sulfone groups is 1. The third-order valence-electron chi connectivity index (χ3n) is 3.23. The molecule has 1 rings (SSSR count). The summed E-state index contributed by atoms with van der Waals surface area (Å²) in [5, 5.41) is 4.50. The first-order chi connectivity index (χ1) is 11.8. The van der Waals surface area contributed by atoms with Crippen LogP contribution in [0.5, 0.6) is 0 Å². The Balaban J connectivity index is 2.64. The Hall–Kier alpha value is -2.42. The molecule has 0 aliphatic carbocycles. The number of urea groups is 1. The summed E-state index contributed by atoms with van der Waals surface area (Å²) in [6.45, 7) is 3.15. The molecule has 25 heavy (non-hydrogen) atoms. The first kappa shape index (κ1) is 20.6. The molecule has 1 aromatic carbocycles. The van der Waals surface area contributed by atoms with Gasteiger partial charge in [0.15, 0.2) is 16.4 Å². The van der Waals surface area contributed by atoms with Gasteiger partial charge in [-0.05, 0) is 18.6 Å². The van der Waals surface area contributed by atoms with E-state index in [1.54, 1.807) is 0 Å². The Kier molecular flexibility index (Phi) is 8.06. The van der Waals surface area contributed by atoms with Crippen molar-refractivity contribution in [1.29, 1.82) is 0 Å². The summed E-state index contributed by atoms with van der Waals surface area (Å²) >= 11 is 0. The molecule has 0 fully saturated rings. The zero-order valence-corrected chi connectivity index (χ0v) is 15.0. The second kappa shape index (κ2) is 9.77. The molecule has 0 atom stereocenters. The molecule has 8 nitrogen and oxygen atoms in total. The van der Waals surface area contributed by atoms with Gasteiger partial charge in [0.25, 0.3) is 5.91 Å². The molecule has 0 unspecified atom stereocenters. The topological polar surface area (TPSA) is 119 Å². The molecule has 138 valence electrons. The smallest absolute Gasteiger partial charge is 0.339 e. The largest absolute Gasteiger partial charge is 0.452 e. The van der Waals surface area contributed by atoms with Crippen LogP contribution in [0.15, 0.2) is 29.2 Å². The van der Waals surface area contributed by atoms with Gasteiger partial charge in [0.05, 0.1) is 16.2 Å². The minimum absolute atomic E-state index is 0.149. The number of ether oxygens (including phenoxy) is 1. The third kappa shape index (κ3) is 6.54. The Morgan fingerprint density at radius 1 is 1.12 bits per heavy atom. The third-order valence-corrected chi connectivity index (χ3v) is 5.01. The maximum atomic E-state index is 12.1. The van der Waals surface area contributed by atoms with E-state index in [0.717, 1.165) is 12.8 Å². The maximum Gasteiger partial charge on any atom is 0.339 e.